The van der Waals surface area contributed by atoms with Crippen molar-refractivity contribution >= 4 is 5.78 Å². The summed E-state index contributed by atoms with van der Waals surface area (Å²) in [5.41, 5.74) is 0.0681. The molecule has 1 spiro atoms. The summed E-state index contributed by atoms with van der Waals surface area (Å²) in [6, 6.07) is 0. The summed E-state index contributed by atoms with van der Waals surface area (Å²) in [6.07, 6.45) is 10.3. The molecule has 3 nitrogen and oxygen atoms in total. The number of carbonyl (C=O) groups is 1. The van der Waals surface area contributed by atoms with Crippen LogP contribution >= 0.6 is 0 Å². The molecule has 22 heavy (non-hydrogen) atoms. The normalized spacial score (nSPS) is 59.8. The van der Waals surface area contributed by atoms with Crippen LogP contribution in [-0.4, -0.2) is 17.5 Å². The highest BCUT2D eigenvalue weighted by Gasteiger charge is 2.70. The number of rotatable bonds is 0. The van der Waals surface area contributed by atoms with Gasteiger partial charge in [0.25, 0.3) is 0 Å². The second-order valence-electron chi connectivity index (χ2n) is 9.25. The van der Waals surface area contributed by atoms with E-state index < -0.39 is 0 Å². The van der Waals surface area contributed by atoms with E-state index in [9.17, 15) is 4.79 Å². The van der Waals surface area contributed by atoms with Crippen molar-refractivity contribution in [3.05, 3.63) is 0 Å². The molecule has 0 aromatic rings. The van der Waals surface area contributed by atoms with Crippen LogP contribution in [-0.2, 0) is 14.6 Å². The third-order valence-corrected chi connectivity index (χ3v) is 8.80. The van der Waals surface area contributed by atoms with Gasteiger partial charge in [-0.1, -0.05) is 13.8 Å². The van der Waals surface area contributed by atoms with E-state index in [-0.39, 0.29) is 16.4 Å². The van der Waals surface area contributed by atoms with Crippen LogP contribution in [0.4, 0.5) is 0 Å². The first-order valence-corrected chi connectivity index (χ1v) is 9.37. The zero-order valence-corrected chi connectivity index (χ0v) is 13.9. The van der Waals surface area contributed by atoms with Crippen molar-refractivity contribution in [3.8, 4) is 0 Å². The van der Waals surface area contributed by atoms with E-state index in [0.29, 0.717) is 23.7 Å². The Labute approximate surface area is 133 Å². The minimum Gasteiger partial charge on any atom is -0.299 e. The molecule has 122 valence electrons. The van der Waals surface area contributed by atoms with E-state index >= 15 is 0 Å². The SMILES string of the molecule is C[C@]12CC[C@@H]3CC1CCC1C4CCC(=O)[C@@]4(C)CC[C@@]12OO3. The van der Waals surface area contributed by atoms with Gasteiger partial charge >= 0.3 is 0 Å². The minimum absolute atomic E-state index is 0.0766. The Morgan fingerprint density at radius 1 is 1.00 bits per heavy atom. The van der Waals surface area contributed by atoms with Gasteiger partial charge in [-0.05, 0) is 69.1 Å². The molecule has 7 atom stereocenters. The quantitative estimate of drug-likeness (QED) is 0.633. The molecule has 6 fully saturated rings. The molecule has 0 radical (unpaired) electrons. The lowest BCUT2D eigenvalue weighted by molar-refractivity contribution is -0.412. The van der Waals surface area contributed by atoms with E-state index in [2.05, 4.69) is 13.8 Å². The van der Waals surface area contributed by atoms with Gasteiger partial charge in [0.15, 0.2) is 0 Å². The van der Waals surface area contributed by atoms with Crippen LogP contribution in [0.25, 0.3) is 0 Å². The molecule has 4 aliphatic carbocycles. The highest BCUT2D eigenvalue weighted by atomic mass is 17.2. The van der Waals surface area contributed by atoms with Crippen LogP contribution < -0.4 is 0 Å². The number of carbonyl (C=O) groups excluding carboxylic acids is 1. The van der Waals surface area contributed by atoms with E-state index in [1.54, 1.807) is 0 Å². The van der Waals surface area contributed by atoms with Gasteiger partial charge in [0.1, 0.15) is 11.4 Å². The minimum atomic E-state index is -0.115. The maximum Gasteiger partial charge on any atom is 0.139 e. The Kier molecular flexibility index (Phi) is 2.64. The van der Waals surface area contributed by atoms with Crippen LogP contribution in [0.15, 0.2) is 0 Å². The second kappa shape index (κ2) is 4.16. The Balaban J connectivity index is 1.62. The summed E-state index contributed by atoms with van der Waals surface area (Å²) in [5.74, 6) is 2.31. The second-order valence-corrected chi connectivity index (χ2v) is 9.25. The van der Waals surface area contributed by atoms with Gasteiger partial charge in [0.2, 0.25) is 0 Å². The highest BCUT2D eigenvalue weighted by molar-refractivity contribution is 5.87. The molecule has 0 aromatic heterocycles. The van der Waals surface area contributed by atoms with Crippen molar-refractivity contribution < 1.29 is 14.6 Å². The first-order valence-electron chi connectivity index (χ1n) is 9.37. The smallest absolute Gasteiger partial charge is 0.139 e. The maximum absolute atomic E-state index is 12.5. The van der Waals surface area contributed by atoms with E-state index in [0.717, 1.165) is 38.0 Å². The molecule has 0 aromatic carbocycles. The summed E-state index contributed by atoms with van der Waals surface area (Å²) >= 11 is 0. The number of hydrogen-bond donors (Lipinski definition) is 0. The van der Waals surface area contributed by atoms with Gasteiger partial charge in [-0.15, -0.1) is 0 Å². The Hall–Kier alpha value is -0.410. The summed E-state index contributed by atoms with van der Waals surface area (Å²) in [5, 5.41) is 0. The number of Topliss-reactive ketones (excluding diaryl/α,β-unsaturated/α-hetero) is 1. The van der Waals surface area contributed by atoms with E-state index in [1.165, 1.54) is 25.7 Å². The topological polar surface area (TPSA) is 35.5 Å². The average Bonchev–Trinajstić information content (AvgIpc) is 2.71. The van der Waals surface area contributed by atoms with Crippen LogP contribution in [0.2, 0.25) is 0 Å². The Bertz CT molecular complexity index is 531. The van der Waals surface area contributed by atoms with Crippen molar-refractivity contribution in [2.75, 3.05) is 0 Å². The fourth-order valence-corrected chi connectivity index (χ4v) is 7.34. The van der Waals surface area contributed by atoms with Gasteiger partial charge < -0.3 is 0 Å². The monoisotopic (exact) mass is 304 g/mol. The molecule has 2 heterocycles. The van der Waals surface area contributed by atoms with Crippen molar-refractivity contribution in [1.29, 1.82) is 0 Å². The van der Waals surface area contributed by atoms with Crippen LogP contribution in [0.1, 0.15) is 71.6 Å². The molecule has 6 aliphatic rings. The van der Waals surface area contributed by atoms with E-state index in [4.69, 9.17) is 9.78 Å². The lowest BCUT2D eigenvalue weighted by Crippen LogP contribution is -2.64. The van der Waals surface area contributed by atoms with Gasteiger partial charge in [-0.2, -0.15) is 0 Å². The van der Waals surface area contributed by atoms with E-state index in [1.807, 2.05) is 0 Å². The Morgan fingerprint density at radius 3 is 2.73 bits per heavy atom. The lowest BCUT2D eigenvalue weighted by atomic mass is 9.43. The summed E-state index contributed by atoms with van der Waals surface area (Å²) < 4.78 is 0. The van der Waals surface area contributed by atoms with Crippen molar-refractivity contribution in [3.63, 3.8) is 0 Å². The molecule has 4 bridgehead atoms. The highest BCUT2D eigenvalue weighted by Crippen LogP contribution is 2.69. The number of ketones is 1. The summed E-state index contributed by atoms with van der Waals surface area (Å²) in [7, 11) is 0. The predicted molar refractivity (Wildman–Crippen MR) is 81.9 cm³/mol. The zero-order chi connectivity index (χ0) is 15.2. The molecule has 6 rings (SSSR count). The third-order valence-electron chi connectivity index (χ3n) is 8.80. The predicted octanol–water partition coefficient (Wildman–Crippen LogP) is 4.05. The summed E-state index contributed by atoms with van der Waals surface area (Å²) in [4.78, 5) is 24.8. The van der Waals surface area contributed by atoms with Crippen LogP contribution in [0.3, 0.4) is 0 Å². The third kappa shape index (κ3) is 1.40. The first-order chi connectivity index (χ1) is 10.5. The molecule has 3 heteroatoms. The molecule has 2 saturated heterocycles. The fraction of sp³-hybridized carbons (Fsp3) is 0.947. The number of fused-ring (bicyclic) bond motifs is 4. The average molecular weight is 304 g/mol. The molecular formula is C19H28O3. The van der Waals surface area contributed by atoms with Gasteiger partial charge in [-0.25, -0.2) is 9.78 Å². The number of hydrogen-bond acceptors (Lipinski definition) is 3. The standard InChI is InChI=1S/C19H28O3/c1-17-9-10-19-15(14(17)5-6-16(17)20)4-3-12-11-13(21-22-19)7-8-18(12,19)2/h12-15H,3-11H2,1-2H3/t12?,13-,14?,15?,17+,18+,19-/m1/s1. The fourth-order valence-electron chi connectivity index (χ4n) is 7.34. The maximum atomic E-state index is 12.5. The largest absolute Gasteiger partial charge is 0.299 e. The molecule has 2 aliphatic heterocycles. The molecule has 0 amide bonds. The summed E-state index contributed by atoms with van der Waals surface area (Å²) in [6.45, 7) is 4.72. The van der Waals surface area contributed by atoms with Crippen LogP contribution in [0.5, 0.6) is 0 Å². The van der Waals surface area contributed by atoms with Crippen molar-refractivity contribution in [2.45, 2.75) is 83.3 Å². The molecule has 3 unspecified atom stereocenters. The molecule has 4 saturated carbocycles. The zero-order valence-electron chi connectivity index (χ0n) is 13.9. The van der Waals surface area contributed by atoms with Crippen molar-refractivity contribution in [1.82, 2.24) is 0 Å². The van der Waals surface area contributed by atoms with Gasteiger partial charge in [0.05, 0.1) is 6.10 Å². The van der Waals surface area contributed by atoms with Gasteiger partial charge in [0, 0.05) is 17.3 Å². The molecular weight excluding hydrogens is 276 g/mol. The lowest BCUT2D eigenvalue weighted by Gasteiger charge is -2.63. The Morgan fingerprint density at radius 2 is 1.86 bits per heavy atom. The van der Waals surface area contributed by atoms with Crippen LogP contribution in [0, 0.1) is 28.6 Å². The van der Waals surface area contributed by atoms with Gasteiger partial charge in [-0.3, -0.25) is 4.79 Å². The molecule has 0 N–H and O–H groups in total. The first kappa shape index (κ1) is 14.0. The van der Waals surface area contributed by atoms with Crippen molar-refractivity contribution in [2.24, 2.45) is 28.6 Å².